The first-order valence-electron chi connectivity index (χ1n) is 9.00. The molecule has 0 aliphatic rings. The third-order valence-electron chi connectivity index (χ3n) is 4.79. The monoisotopic (exact) mass is 407 g/mol. The Morgan fingerprint density at radius 2 is 1.66 bits per heavy atom. The lowest BCUT2D eigenvalue weighted by atomic mass is 10.1. The number of benzene rings is 1. The maximum atomic E-state index is 11.9. The number of phenolic OH excluding ortho intramolecular Hbond substituents is 1. The van der Waals surface area contributed by atoms with E-state index in [9.17, 15) is 9.90 Å². The standard InChI is InChI=1S/C22H18ClN3O3/c1-13-18(5-3-9-24-13)26(19-6-4-10-25-14(19)2)12-16-21(28)17(23)11-15-7-8-20(27)29-22(15)16/h3-11,28H,12H2,1-2H3. The van der Waals surface area contributed by atoms with Gasteiger partial charge in [-0.1, -0.05) is 11.6 Å². The molecule has 0 spiro atoms. The first-order chi connectivity index (χ1) is 14.0. The number of aryl methyl sites for hydroxylation is 2. The van der Waals surface area contributed by atoms with Crippen molar-refractivity contribution < 1.29 is 9.52 Å². The topological polar surface area (TPSA) is 79.5 Å². The third-order valence-corrected chi connectivity index (χ3v) is 5.08. The summed E-state index contributed by atoms with van der Waals surface area (Å²) in [4.78, 5) is 22.6. The summed E-state index contributed by atoms with van der Waals surface area (Å²) in [6, 6.07) is 12.1. The second-order valence-electron chi connectivity index (χ2n) is 6.66. The van der Waals surface area contributed by atoms with Gasteiger partial charge >= 0.3 is 5.63 Å². The van der Waals surface area contributed by atoms with Crippen molar-refractivity contribution in [2.24, 2.45) is 0 Å². The number of halogens is 1. The van der Waals surface area contributed by atoms with Crippen molar-refractivity contribution in [3.63, 3.8) is 0 Å². The van der Waals surface area contributed by atoms with E-state index in [0.717, 1.165) is 22.8 Å². The van der Waals surface area contributed by atoms with Gasteiger partial charge in [0.05, 0.1) is 39.9 Å². The summed E-state index contributed by atoms with van der Waals surface area (Å²) in [6.07, 6.45) is 3.44. The lowest BCUT2D eigenvalue weighted by Crippen LogP contribution is -2.20. The molecule has 3 aromatic heterocycles. The lowest BCUT2D eigenvalue weighted by Gasteiger charge is -2.28. The van der Waals surface area contributed by atoms with E-state index < -0.39 is 5.63 Å². The van der Waals surface area contributed by atoms with E-state index in [1.165, 1.54) is 6.07 Å². The molecule has 0 radical (unpaired) electrons. The van der Waals surface area contributed by atoms with Crippen LogP contribution in [0.2, 0.25) is 5.02 Å². The fraction of sp³-hybridized carbons (Fsp3) is 0.136. The largest absolute Gasteiger partial charge is 0.506 e. The average Bonchev–Trinajstić information content (AvgIpc) is 2.71. The van der Waals surface area contributed by atoms with Gasteiger partial charge in [-0.05, 0) is 50.2 Å². The predicted octanol–water partition coefficient (Wildman–Crippen LogP) is 4.90. The Labute approximate surface area is 172 Å². The summed E-state index contributed by atoms with van der Waals surface area (Å²) >= 11 is 6.26. The van der Waals surface area contributed by atoms with E-state index in [1.54, 1.807) is 24.5 Å². The molecule has 0 amide bonds. The molecule has 146 valence electrons. The van der Waals surface area contributed by atoms with Gasteiger partial charge in [0.15, 0.2) is 0 Å². The van der Waals surface area contributed by atoms with Crippen LogP contribution in [-0.2, 0) is 6.54 Å². The fourth-order valence-electron chi connectivity index (χ4n) is 3.36. The molecule has 1 N–H and O–H groups in total. The number of fused-ring (bicyclic) bond motifs is 1. The highest BCUT2D eigenvalue weighted by molar-refractivity contribution is 6.33. The highest BCUT2D eigenvalue weighted by atomic mass is 35.5. The quantitative estimate of drug-likeness (QED) is 0.485. The Hall–Kier alpha value is -3.38. The molecule has 0 saturated heterocycles. The minimum absolute atomic E-state index is 0.124. The minimum atomic E-state index is -0.498. The van der Waals surface area contributed by atoms with Crippen LogP contribution >= 0.6 is 11.6 Å². The van der Waals surface area contributed by atoms with Gasteiger partial charge in [0.1, 0.15) is 11.3 Å². The van der Waals surface area contributed by atoms with E-state index >= 15 is 0 Å². The van der Waals surface area contributed by atoms with Crippen LogP contribution in [0.5, 0.6) is 5.75 Å². The van der Waals surface area contributed by atoms with Gasteiger partial charge < -0.3 is 14.4 Å². The van der Waals surface area contributed by atoms with Crippen molar-refractivity contribution in [3.8, 4) is 5.75 Å². The van der Waals surface area contributed by atoms with Crippen molar-refractivity contribution in [2.45, 2.75) is 20.4 Å². The van der Waals surface area contributed by atoms with Crippen LogP contribution in [0.3, 0.4) is 0 Å². The zero-order valence-corrected chi connectivity index (χ0v) is 16.6. The molecule has 0 saturated carbocycles. The maximum absolute atomic E-state index is 11.9. The van der Waals surface area contributed by atoms with Gasteiger partial charge in [-0.25, -0.2) is 4.79 Å². The summed E-state index contributed by atoms with van der Waals surface area (Å²) in [5.74, 6) is -0.124. The molecule has 0 fully saturated rings. The SMILES string of the molecule is Cc1ncccc1N(Cc1c(O)c(Cl)cc2ccc(=O)oc12)c1cccnc1C. The molecule has 7 heteroatoms. The van der Waals surface area contributed by atoms with Gasteiger partial charge in [0, 0.05) is 23.8 Å². The molecule has 4 aromatic rings. The van der Waals surface area contributed by atoms with E-state index in [4.69, 9.17) is 16.0 Å². The smallest absolute Gasteiger partial charge is 0.336 e. The average molecular weight is 408 g/mol. The minimum Gasteiger partial charge on any atom is -0.506 e. The fourth-order valence-corrected chi connectivity index (χ4v) is 3.59. The summed E-state index contributed by atoms with van der Waals surface area (Å²) in [6.45, 7) is 4.02. The van der Waals surface area contributed by atoms with E-state index in [2.05, 4.69) is 9.97 Å². The zero-order valence-electron chi connectivity index (χ0n) is 15.9. The van der Waals surface area contributed by atoms with Gasteiger partial charge in [-0.3, -0.25) is 9.97 Å². The number of aromatic nitrogens is 2. The van der Waals surface area contributed by atoms with Crippen LogP contribution in [0.15, 0.2) is 64.1 Å². The van der Waals surface area contributed by atoms with Crippen molar-refractivity contribution in [1.82, 2.24) is 9.97 Å². The first kappa shape index (κ1) is 19.0. The molecule has 0 atom stereocenters. The second kappa shape index (κ2) is 7.56. The van der Waals surface area contributed by atoms with Crippen molar-refractivity contribution in [1.29, 1.82) is 0 Å². The van der Waals surface area contributed by atoms with Crippen molar-refractivity contribution >= 4 is 33.9 Å². The molecule has 4 rings (SSSR count). The molecule has 0 aliphatic heterocycles. The number of aromatic hydroxyl groups is 1. The summed E-state index contributed by atoms with van der Waals surface area (Å²) in [5, 5.41) is 11.5. The summed E-state index contributed by atoms with van der Waals surface area (Å²) in [5.41, 5.74) is 3.51. The van der Waals surface area contributed by atoms with Crippen LogP contribution in [-0.4, -0.2) is 15.1 Å². The Morgan fingerprint density at radius 1 is 1.03 bits per heavy atom. The molecule has 29 heavy (non-hydrogen) atoms. The molecule has 1 aromatic carbocycles. The maximum Gasteiger partial charge on any atom is 0.336 e. The van der Waals surface area contributed by atoms with Gasteiger partial charge in [0.2, 0.25) is 0 Å². The van der Waals surface area contributed by atoms with Crippen LogP contribution in [0.1, 0.15) is 17.0 Å². The lowest BCUT2D eigenvalue weighted by molar-refractivity contribution is 0.465. The molecular weight excluding hydrogens is 390 g/mol. The third kappa shape index (κ3) is 3.54. The number of anilines is 2. The predicted molar refractivity (Wildman–Crippen MR) is 113 cm³/mol. The van der Waals surface area contributed by atoms with Gasteiger partial charge in [-0.2, -0.15) is 0 Å². The number of hydrogen-bond acceptors (Lipinski definition) is 6. The molecule has 6 nitrogen and oxygen atoms in total. The normalized spacial score (nSPS) is 11.0. The van der Waals surface area contributed by atoms with Crippen molar-refractivity contribution in [2.75, 3.05) is 4.90 Å². The highest BCUT2D eigenvalue weighted by Gasteiger charge is 2.21. The van der Waals surface area contributed by atoms with E-state index in [1.807, 2.05) is 43.0 Å². The van der Waals surface area contributed by atoms with Crippen LogP contribution < -0.4 is 10.5 Å². The van der Waals surface area contributed by atoms with E-state index in [0.29, 0.717) is 16.5 Å². The first-order valence-corrected chi connectivity index (χ1v) is 9.38. The second-order valence-corrected chi connectivity index (χ2v) is 7.07. The number of rotatable bonds is 4. The molecule has 0 unspecified atom stereocenters. The zero-order chi connectivity index (χ0) is 20.5. The number of phenols is 1. The number of pyridine rings is 2. The Morgan fingerprint density at radius 3 is 2.24 bits per heavy atom. The number of nitrogens with zero attached hydrogens (tertiary/aromatic N) is 3. The molecule has 0 bridgehead atoms. The molecule has 0 aliphatic carbocycles. The van der Waals surface area contributed by atoms with Crippen LogP contribution in [0.4, 0.5) is 11.4 Å². The molecular formula is C22H18ClN3O3. The van der Waals surface area contributed by atoms with Gasteiger partial charge in [0.25, 0.3) is 0 Å². The Kier molecular flexibility index (Phi) is 4.94. The van der Waals surface area contributed by atoms with Gasteiger partial charge in [-0.15, -0.1) is 0 Å². The van der Waals surface area contributed by atoms with Crippen molar-refractivity contribution in [3.05, 3.63) is 87.3 Å². The van der Waals surface area contributed by atoms with E-state index in [-0.39, 0.29) is 17.3 Å². The Balaban J connectivity index is 1.96. The number of hydrogen-bond donors (Lipinski definition) is 1. The molecule has 3 heterocycles. The summed E-state index contributed by atoms with van der Waals surface area (Å²) in [7, 11) is 0. The summed E-state index contributed by atoms with van der Waals surface area (Å²) < 4.78 is 5.43. The van der Waals surface area contributed by atoms with Crippen LogP contribution in [0, 0.1) is 13.8 Å². The Bertz CT molecular complexity index is 1220. The highest BCUT2D eigenvalue weighted by Crippen LogP contribution is 2.38. The van der Waals surface area contributed by atoms with Crippen LogP contribution in [0.25, 0.3) is 11.0 Å².